The van der Waals surface area contributed by atoms with E-state index >= 15 is 0 Å². The molecule has 0 aliphatic carbocycles. The fourth-order valence-corrected chi connectivity index (χ4v) is 2.87. The van der Waals surface area contributed by atoms with Crippen LogP contribution in [0.15, 0.2) is 22.6 Å². The third-order valence-corrected chi connectivity index (χ3v) is 4.32. The zero-order valence-electron chi connectivity index (χ0n) is 13.6. The monoisotopic (exact) mass is 321 g/mol. The van der Waals surface area contributed by atoms with Gasteiger partial charge in [-0.05, 0) is 32.9 Å². The van der Waals surface area contributed by atoms with Gasteiger partial charge in [0.2, 0.25) is 5.89 Å². The van der Waals surface area contributed by atoms with Crippen LogP contribution in [0, 0.1) is 18.6 Å². The normalized spacial score (nSPS) is 22.5. The quantitative estimate of drug-likeness (QED) is 0.943. The lowest BCUT2D eigenvalue weighted by atomic mass is 10.1. The summed E-state index contributed by atoms with van der Waals surface area (Å²) in [6.45, 7) is 8.57. The van der Waals surface area contributed by atoms with E-state index in [1.807, 2.05) is 0 Å². The summed E-state index contributed by atoms with van der Waals surface area (Å²) in [4.78, 5) is 6.72. The molecule has 3 rings (SSSR count). The fourth-order valence-electron chi connectivity index (χ4n) is 2.87. The Balaban J connectivity index is 1.85. The van der Waals surface area contributed by atoms with E-state index in [9.17, 15) is 8.78 Å². The van der Waals surface area contributed by atoms with E-state index in [0.29, 0.717) is 24.4 Å². The highest BCUT2D eigenvalue weighted by Gasteiger charge is 2.25. The van der Waals surface area contributed by atoms with Gasteiger partial charge >= 0.3 is 0 Å². The Morgan fingerprint density at radius 2 is 2.13 bits per heavy atom. The molecule has 1 aromatic carbocycles. The van der Waals surface area contributed by atoms with Gasteiger partial charge in [-0.1, -0.05) is 6.07 Å². The van der Waals surface area contributed by atoms with Gasteiger partial charge in [-0.15, -0.1) is 0 Å². The molecule has 0 spiro atoms. The molecular formula is C17H21F2N3O. The van der Waals surface area contributed by atoms with Crippen molar-refractivity contribution in [3.63, 3.8) is 0 Å². The van der Waals surface area contributed by atoms with Gasteiger partial charge in [0.1, 0.15) is 5.76 Å². The molecule has 1 fully saturated rings. The van der Waals surface area contributed by atoms with E-state index in [4.69, 9.17) is 4.42 Å². The molecule has 4 nitrogen and oxygen atoms in total. The second-order valence-corrected chi connectivity index (χ2v) is 6.21. The topological polar surface area (TPSA) is 41.3 Å². The predicted molar refractivity (Wildman–Crippen MR) is 83.9 cm³/mol. The van der Waals surface area contributed by atoms with Gasteiger partial charge in [0, 0.05) is 31.7 Å². The van der Waals surface area contributed by atoms with Crippen molar-refractivity contribution < 1.29 is 13.2 Å². The van der Waals surface area contributed by atoms with Crippen molar-refractivity contribution in [3.05, 3.63) is 41.3 Å². The molecule has 1 saturated heterocycles. The summed E-state index contributed by atoms with van der Waals surface area (Å²) >= 11 is 0. The van der Waals surface area contributed by atoms with Crippen molar-refractivity contribution in [1.29, 1.82) is 0 Å². The van der Waals surface area contributed by atoms with Gasteiger partial charge < -0.3 is 9.73 Å². The highest BCUT2D eigenvalue weighted by molar-refractivity contribution is 5.54. The summed E-state index contributed by atoms with van der Waals surface area (Å²) in [6, 6.07) is 4.81. The molecular weight excluding hydrogens is 300 g/mol. The van der Waals surface area contributed by atoms with Crippen molar-refractivity contribution >= 4 is 0 Å². The van der Waals surface area contributed by atoms with Crippen molar-refractivity contribution in [2.24, 2.45) is 0 Å². The maximum atomic E-state index is 13.9. The Morgan fingerprint density at radius 3 is 2.91 bits per heavy atom. The lowest BCUT2D eigenvalue weighted by molar-refractivity contribution is 0.137. The van der Waals surface area contributed by atoms with Crippen LogP contribution in [0.5, 0.6) is 0 Å². The molecule has 124 valence electrons. The summed E-state index contributed by atoms with van der Waals surface area (Å²) in [7, 11) is 0. The number of nitrogens with zero attached hydrogens (tertiary/aromatic N) is 2. The zero-order chi connectivity index (χ0) is 16.6. The highest BCUT2D eigenvalue weighted by atomic mass is 19.2. The molecule has 1 N–H and O–H groups in total. The third kappa shape index (κ3) is 3.28. The summed E-state index contributed by atoms with van der Waals surface area (Å²) in [5.74, 6) is -1.05. The molecule has 1 aliphatic heterocycles. The van der Waals surface area contributed by atoms with Gasteiger partial charge in [0.15, 0.2) is 11.6 Å². The van der Waals surface area contributed by atoms with Gasteiger partial charge in [-0.2, -0.15) is 0 Å². The largest absolute Gasteiger partial charge is 0.441 e. The van der Waals surface area contributed by atoms with Crippen molar-refractivity contribution in [2.45, 2.75) is 39.4 Å². The number of rotatable bonds is 3. The first-order valence-electron chi connectivity index (χ1n) is 7.84. The van der Waals surface area contributed by atoms with Crippen molar-refractivity contribution in [2.75, 3.05) is 13.1 Å². The predicted octanol–water partition coefficient (Wildman–Crippen LogP) is 3.11. The highest BCUT2D eigenvalue weighted by Crippen LogP contribution is 2.26. The number of benzene rings is 1. The van der Waals surface area contributed by atoms with Crippen LogP contribution in [0.3, 0.4) is 0 Å². The average molecular weight is 321 g/mol. The lowest BCUT2D eigenvalue weighted by Crippen LogP contribution is -2.53. The Hall–Kier alpha value is -1.79. The molecule has 2 atom stereocenters. The van der Waals surface area contributed by atoms with Crippen molar-refractivity contribution in [3.8, 4) is 11.5 Å². The number of hydrogen-bond donors (Lipinski definition) is 1. The first-order valence-corrected chi connectivity index (χ1v) is 7.84. The van der Waals surface area contributed by atoms with Crippen LogP contribution < -0.4 is 5.32 Å². The van der Waals surface area contributed by atoms with E-state index in [-0.39, 0.29) is 11.5 Å². The van der Waals surface area contributed by atoms with E-state index < -0.39 is 11.6 Å². The van der Waals surface area contributed by atoms with Gasteiger partial charge in [-0.25, -0.2) is 13.8 Å². The molecule has 2 aromatic rings. The van der Waals surface area contributed by atoms with Crippen LogP contribution in [-0.4, -0.2) is 35.1 Å². The van der Waals surface area contributed by atoms with E-state index in [0.717, 1.165) is 24.8 Å². The second-order valence-electron chi connectivity index (χ2n) is 6.21. The maximum absolute atomic E-state index is 13.9. The molecule has 0 radical (unpaired) electrons. The van der Waals surface area contributed by atoms with Crippen LogP contribution >= 0.6 is 0 Å². The third-order valence-electron chi connectivity index (χ3n) is 4.32. The Labute approximate surface area is 134 Å². The van der Waals surface area contributed by atoms with Crippen LogP contribution in [0.1, 0.15) is 25.3 Å². The molecule has 0 bridgehead atoms. The van der Waals surface area contributed by atoms with Gasteiger partial charge in [0.05, 0.1) is 11.3 Å². The summed E-state index contributed by atoms with van der Waals surface area (Å²) in [5, 5.41) is 3.43. The number of hydrogen-bond acceptors (Lipinski definition) is 4. The second kappa shape index (κ2) is 6.37. The number of halogens is 2. The van der Waals surface area contributed by atoms with Gasteiger partial charge in [-0.3, -0.25) is 4.90 Å². The Kier molecular flexibility index (Phi) is 4.46. The summed E-state index contributed by atoms with van der Waals surface area (Å²) in [6.07, 6.45) is 0. The van der Waals surface area contributed by atoms with E-state index in [1.165, 1.54) is 12.1 Å². The molecule has 0 amide bonds. The first-order chi connectivity index (χ1) is 11.0. The molecule has 1 aromatic heterocycles. The molecule has 1 aliphatic rings. The minimum atomic E-state index is -0.926. The Bertz CT molecular complexity index is 701. The fraction of sp³-hybridized carbons (Fsp3) is 0.471. The maximum Gasteiger partial charge on any atom is 0.229 e. The minimum absolute atomic E-state index is 0.0566. The van der Waals surface area contributed by atoms with Crippen LogP contribution in [0.2, 0.25) is 0 Å². The lowest BCUT2D eigenvalue weighted by Gasteiger charge is -2.37. The van der Waals surface area contributed by atoms with Gasteiger partial charge in [0.25, 0.3) is 0 Å². The smallest absolute Gasteiger partial charge is 0.229 e. The molecule has 23 heavy (non-hydrogen) atoms. The van der Waals surface area contributed by atoms with E-state index in [1.54, 1.807) is 6.92 Å². The number of aryl methyl sites for hydroxylation is 1. The van der Waals surface area contributed by atoms with E-state index in [2.05, 4.69) is 29.0 Å². The average Bonchev–Trinajstić information content (AvgIpc) is 2.87. The number of nitrogens with one attached hydrogen (secondary N) is 1. The molecule has 0 saturated carbocycles. The number of piperazine rings is 1. The minimum Gasteiger partial charge on any atom is -0.441 e. The van der Waals surface area contributed by atoms with Crippen LogP contribution in [0.25, 0.3) is 11.5 Å². The first kappa shape index (κ1) is 16.1. The van der Waals surface area contributed by atoms with Crippen molar-refractivity contribution in [1.82, 2.24) is 15.2 Å². The number of oxazole rings is 1. The Morgan fingerprint density at radius 1 is 1.35 bits per heavy atom. The summed E-state index contributed by atoms with van der Waals surface area (Å²) in [5.41, 5.74) is 0.825. The molecule has 2 heterocycles. The zero-order valence-corrected chi connectivity index (χ0v) is 13.6. The molecule has 0 unspecified atom stereocenters. The molecule has 6 heteroatoms. The standard InChI is InChI=1S/C17H21F2N3O/c1-10-8-22(11(2)7-20-10)9-15-12(3)23-17(21-15)13-5-4-6-14(18)16(13)19/h4-6,10-11,20H,7-9H2,1-3H3/t10-,11+/m1/s1. The summed E-state index contributed by atoms with van der Waals surface area (Å²) < 4.78 is 32.9. The SMILES string of the molecule is Cc1oc(-c2cccc(F)c2F)nc1CN1C[C@@H](C)NC[C@@H]1C. The van der Waals surface area contributed by atoms with Crippen LogP contribution in [0.4, 0.5) is 8.78 Å². The number of aromatic nitrogens is 1. The van der Waals surface area contributed by atoms with Crippen LogP contribution in [-0.2, 0) is 6.54 Å².